The Morgan fingerprint density at radius 2 is 1.93 bits per heavy atom. The van der Waals surface area contributed by atoms with Gasteiger partial charge in [-0.3, -0.25) is 4.99 Å². The first kappa shape index (κ1) is 25.0. The van der Waals surface area contributed by atoms with E-state index < -0.39 is 10.0 Å². The summed E-state index contributed by atoms with van der Waals surface area (Å²) in [6, 6.07) is 7.90. The fraction of sp³-hybridized carbons (Fsp3) is 0.632. The van der Waals surface area contributed by atoms with Gasteiger partial charge >= 0.3 is 0 Å². The van der Waals surface area contributed by atoms with Crippen LogP contribution in [0.2, 0.25) is 0 Å². The number of nitrogens with one attached hydrogen (secondary N) is 3. The molecule has 1 saturated carbocycles. The van der Waals surface area contributed by atoms with Gasteiger partial charge in [0, 0.05) is 13.1 Å². The fourth-order valence-corrected chi connectivity index (χ4v) is 3.57. The quantitative estimate of drug-likeness (QED) is 0.179. The molecule has 1 fully saturated rings. The van der Waals surface area contributed by atoms with Crippen molar-refractivity contribution in [1.82, 2.24) is 15.4 Å². The summed E-state index contributed by atoms with van der Waals surface area (Å²) in [6.07, 6.45) is 3.46. The van der Waals surface area contributed by atoms with Crippen molar-refractivity contribution < 1.29 is 13.2 Å². The van der Waals surface area contributed by atoms with E-state index in [1.165, 1.54) is 12.0 Å². The molecule has 0 saturated heterocycles. The van der Waals surface area contributed by atoms with Gasteiger partial charge in [0.1, 0.15) is 12.4 Å². The molecule has 0 atom stereocenters. The lowest BCUT2D eigenvalue weighted by Crippen LogP contribution is -2.40. The molecule has 1 aliphatic rings. The highest BCUT2D eigenvalue weighted by molar-refractivity contribution is 14.0. The second-order valence-corrected chi connectivity index (χ2v) is 8.74. The molecule has 0 spiro atoms. The van der Waals surface area contributed by atoms with Crippen molar-refractivity contribution in [3.05, 3.63) is 29.8 Å². The van der Waals surface area contributed by atoms with E-state index in [1.54, 1.807) is 0 Å². The first-order chi connectivity index (χ1) is 13.0. The summed E-state index contributed by atoms with van der Waals surface area (Å²) in [7, 11) is -3.27. The summed E-state index contributed by atoms with van der Waals surface area (Å²) in [5.74, 6) is 1.93. The van der Waals surface area contributed by atoms with Crippen LogP contribution in [0.25, 0.3) is 0 Å². The van der Waals surface area contributed by atoms with Crippen molar-refractivity contribution in [2.45, 2.75) is 33.1 Å². The van der Waals surface area contributed by atoms with Gasteiger partial charge in [0.25, 0.3) is 0 Å². The number of hydrogen-bond donors (Lipinski definition) is 3. The highest BCUT2D eigenvalue weighted by atomic mass is 127. The zero-order chi connectivity index (χ0) is 19.5. The SMILES string of the molecule is CCNC(=NCCS(=O)(=O)NCC1CCC1)NCCOc1ccc(C)cc1.I. The molecule has 1 aliphatic carbocycles. The number of hydrogen-bond acceptors (Lipinski definition) is 4. The Morgan fingerprint density at radius 3 is 2.54 bits per heavy atom. The van der Waals surface area contributed by atoms with Crippen LogP contribution in [0.15, 0.2) is 29.3 Å². The molecule has 0 heterocycles. The molecule has 0 radical (unpaired) electrons. The minimum atomic E-state index is -3.27. The molecule has 3 N–H and O–H groups in total. The Hall–Kier alpha value is -1.07. The summed E-state index contributed by atoms with van der Waals surface area (Å²) in [4.78, 5) is 4.34. The zero-order valence-corrected chi connectivity index (χ0v) is 19.9. The molecule has 9 heteroatoms. The van der Waals surface area contributed by atoms with Crippen LogP contribution in [-0.2, 0) is 10.0 Å². The predicted octanol–water partition coefficient (Wildman–Crippen LogP) is 2.27. The monoisotopic (exact) mass is 524 g/mol. The van der Waals surface area contributed by atoms with Gasteiger partial charge in [-0.15, -0.1) is 24.0 Å². The van der Waals surface area contributed by atoms with E-state index >= 15 is 0 Å². The van der Waals surface area contributed by atoms with Crippen molar-refractivity contribution in [1.29, 1.82) is 0 Å². The van der Waals surface area contributed by atoms with Crippen LogP contribution in [-0.4, -0.2) is 52.9 Å². The molecule has 0 aromatic heterocycles. The zero-order valence-electron chi connectivity index (χ0n) is 16.7. The molecule has 0 amide bonds. The maximum absolute atomic E-state index is 12.0. The van der Waals surface area contributed by atoms with E-state index in [9.17, 15) is 8.42 Å². The van der Waals surface area contributed by atoms with Gasteiger partial charge in [-0.1, -0.05) is 24.1 Å². The minimum absolute atomic E-state index is 0. The van der Waals surface area contributed by atoms with Gasteiger partial charge < -0.3 is 15.4 Å². The van der Waals surface area contributed by atoms with E-state index in [0.29, 0.717) is 38.1 Å². The second-order valence-electron chi connectivity index (χ2n) is 6.81. The largest absolute Gasteiger partial charge is 0.492 e. The normalized spacial score (nSPS) is 14.7. The lowest BCUT2D eigenvalue weighted by molar-refractivity contribution is 0.316. The van der Waals surface area contributed by atoms with E-state index in [2.05, 4.69) is 20.3 Å². The van der Waals surface area contributed by atoms with Gasteiger partial charge in [-0.05, 0) is 44.7 Å². The van der Waals surface area contributed by atoms with E-state index in [0.717, 1.165) is 18.6 Å². The van der Waals surface area contributed by atoms with E-state index in [-0.39, 0.29) is 36.3 Å². The molecule has 1 aromatic carbocycles. The molecule has 1 aromatic rings. The number of aliphatic imine (C=N–C) groups is 1. The number of ether oxygens (including phenoxy) is 1. The predicted molar refractivity (Wildman–Crippen MR) is 125 cm³/mol. The Balaban J connectivity index is 0.00000392. The van der Waals surface area contributed by atoms with Crippen LogP contribution in [0.5, 0.6) is 5.75 Å². The first-order valence-corrected chi connectivity index (χ1v) is 11.3. The van der Waals surface area contributed by atoms with Crippen molar-refractivity contribution in [3.8, 4) is 5.75 Å². The third-order valence-corrected chi connectivity index (χ3v) is 5.80. The van der Waals surface area contributed by atoms with Crippen LogP contribution >= 0.6 is 24.0 Å². The molecule has 2 rings (SSSR count). The summed E-state index contributed by atoms with van der Waals surface area (Å²) in [5.41, 5.74) is 1.19. The summed E-state index contributed by atoms with van der Waals surface area (Å²) in [5, 5.41) is 6.27. The van der Waals surface area contributed by atoms with Crippen LogP contribution in [0.1, 0.15) is 31.7 Å². The van der Waals surface area contributed by atoms with Gasteiger partial charge in [-0.25, -0.2) is 13.1 Å². The number of benzene rings is 1. The van der Waals surface area contributed by atoms with Crippen molar-refractivity contribution in [2.24, 2.45) is 10.9 Å². The summed E-state index contributed by atoms with van der Waals surface area (Å²) >= 11 is 0. The van der Waals surface area contributed by atoms with Gasteiger partial charge in [0.15, 0.2) is 5.96 Å². The number of aryl methyl sites for hydroxylation is 1. The molecule has 0 unspecified atom stereocenters. The highest BCUT2D eigenvalue weighted by Gasteiger charge is 2.19. The van der Waals surface area contributed by atoms with Gasteiger partial charge in [-0.2, -0.15) is 0 Å². The highest BCUT2D eigenvalue weighted by Crippen LogP contribution is 2.25. The average molecular weight is 524 g/mol. The Bertz CT molecular complexity index is 692. The van der Waals surface area contributed by atoms with Crippen molar-refractivity contribution >= 4 is 40.0 Å². The van der Waals surface area contributed by atoms with Gasteiger partial charge in [0.2, 0.25) is 10.0 Å². The Labute approximate surface area is 186 Å². The van der Waals surface area contributed by atoms with E-state index in [4.69, 9.17) is 4.74 Å². The molecular weight excluding hydrogens is 491 g/mol. The number of rotatable bonds is 11. The van der Waals surface area contributed by atoms with Gasteiger partial charge in [0.05, 0.1) is 18.8 Å². The number of sulfonamides is 1. The Kier molecular flexibility index (Phi) is 11.8. The molecule has 28 heavy (non-hydrogen) atoms. The van der Waals surface area contributed by atoms with Crippen LogP contribution < -0.4 is 20.1 Å². The van der Waals surface area contributed by atoms with Crippen LogP contribution in [0.3, 0.4) is 0 Å². The smallest absolute Gasteiger partial charge is 0.213 e. The molecule has 7 nitrogen and oxygen atoms in total. The maximum atomic E-state index is 12.0. The standard InChI is InChI=1S/C19H32N4O3S.HI/c1-3-20-19(21-11-13-26-18-9-7-16(2)8-10-18)22-12-14-27(24,25)23-15-17-5-4-6-17;/h7-10,17,23H,3-6,11-15H2,1-2H3,(H2,20,21,22);1H. The average Bonchev–Trinajstić information content (AvgIpc) is 2.58. The van der Waals surface area contributed by atoms with Crippen molar-refractivity contribution in [3.63, 3.8) is 0 Å². The summed E-state index contributed by atoms with van der Waals surface area (Å²) in [6.45, 7) is 6.55. The molecule has 0 bridgehead atoms. The topological polar surface area (TPSA) is 91.8 Å². The Morgan fingerprint density at radius 1 is 1.21 bits per heavy atom. The molecule has 160 valence electrons. The summed E-state index contributed by atoms with van der Waals surface area (Å²) < 4.78 is 32.4. The third kappa shape index (κ3) is 9.92. The van der Waals surface area contributed by atoms with E-state index in [1.807, 2.05) is 38.1 Å². The van der Waals surface area contributed by atoms with Crippen LogP contribution in [0.4, 0.5) is 0 Å². The lowest BCUT2D eigenvalue weighted by Gasteiger charge is -2.25. The minimum Gasteiger partial charge on any atom is -0.492 e. The third-order valence-electron chi connectivity index (χ3n) is 4.48. The first-order valence-electron chi connectivity index (χ1n) is 9.67. The number of nitrogens with zero attached hydrogens (tertiary/aromatic N) is 1. The molecular formula is C19H33IN4O3S. The maximum Gasteiger partial charge on any atom is 0.213 e. The lowest BCUT2D eigenvalue weighted by atomic mass is 9.86. The van der Waals surface area contributed by atoms with Crippen molar-refractivity contribution in [2.75, 3.05) is 38.5 Å². The van der Waals surface area contributed by atoms with Crippen LogP contribution in [0, 0.1) is 12.8 Å². The molecule has 0 aliphatic heterocycles. The number of halogens is 1. The fourth-order valence-electron chi connectivity index (χ4n) is 2.61. The second kappa shape index (κ2) is 13.2. The number of guanidine groups is 1.